The summed E-state index contributed by atoms with van der Waals surface area (Å²) in [5, 5.41) is 0. The SMILES string of the molecule is Nc1cc(F)c(C2CC2)cc1C(=O)CCl. The van der Waals surface area contributed by atoms with Crippen molar-refractivity contribution in [3.05, 3.63) is 29.1 Å². The lowest BCUT2D eigenvalue weighted by Gasteiger charge is -2.07. The standard InChI is InChI=1S/C11H11ClFNO/c12-5-11(15)8-3-7(6-1-2-6)9(13)4-10(8)14/h3-4,6H,1-2,5,14H2. The molecule has 1 aliphatic carbocycles. The number of benzene rings is 1. The zero-order valence-corrected chi connectivity index (χ0v) is 8.85. The van der Waals surface area contributed by atoms with Gasteiger partial charge in [-0.05, 0) is 36.5 Å². The first-order valence-corrected chi connectivity index (χ1v) is 5.35. The van der Waals surface area contributed by atoms with Gasteiger partial charge >= 0.3 is 0 Å². The van der Waals surface area contributed by atoms with Crippen LogP contribution in [0.5, 0.6) is 0 Å². The summed E-state index contributed by atoms with van der Waals surface area (Å²) in [7, 11) is 0. The predicted molar refractivity (Wildman–Crippen MR) is 57.8 cm³/mol. The lowest BCUT2D eigenvalue weighted by atomic mass is 10.0. The quantitative estimate of drug-likeness (QED) is 0.490. The second kappa shape index (κ2) is 3.81. The number of halogens is 2. The Bertz CT molecular complexity index is 415. The predicted octanol–water partition coefficient (Wildman–Crippen LogP) is 2.71. The Kier molecular flexibility index (Phi) is 2.65. The fourth-order valence-corrected chi connectivity index (χ4v) is 1.77. The monoisotopic (exact) mass is 227 g/mol. The van der Waals surface area contributed by atoms with Crippen LogP contribution in [0, 0.1) is 5.82 Å². The Labute approximate surface area is 92.2 Å². The summed E-state index contributed by atoms with van der Waals surface area (Å²) in [6.07, 6.45) is 1.96. The maximum absolute atomic E-state index is 13.5. The molecule has 1 aromatic rings. The Hall–Kier alpha value is -1.09. The van der Waals surface area contributed by atoms with E-state index in [-0.39, 0.29) is 29.1 Å². The molecule has 1 aromatic carbocycles. The normalized spacial score (nSPS) is 15.3. The van der Waals surface area contributed by atoms with Crippen molar-refractivity contribution in [3.63, 3.8) is 0 Å². The van der Waals surface area contributed by atoms with Crippen molar-refractivity contribution in [1.82, 2.24) is 0 Å². The Morgan fingerprint density at radius 1 is 1.53 bits per heavy atom. The zero-order chi connectivity index (χ0) is 11.0. The molecule has 2 rings (SSSR count). The Morgan fingerprint density at radius 2 is 2.20 bits per heavy atom. The summed E-state index contributed by atoms with van der Waals surface area (Å²) in [6, 6.07) is 2.76. The third kappa shape index (κ3) is 1.97. The zero-order valence-electron chi connectivity index (χ0n) is 8.09. The van der Waals surface area contributed by atoms with Crippen molar-refractivity contribution < 1.29 is 9.18 Å². The number of Topliss-reactive ketones (excluding diaryl/α,β-unsaturated/α-hetero) is 1. The van der Waals surface area contributed by atoms with Crippen LogP contribution in [0.3, 0.4) is 0 Å². The fourth-order valence-electron chi connectivity index (χ4n) is 1.63. The van der Waals surface area contributed by atoms with E-state index >= 15 is 0 Å². The van der Waals surface area contributed by atoms with E-state index in [1.54, 1.807) is 6.07 Å². The van der Waals surface area contributed by atoms with E-state index in [9.17, 15) is 9.18 Å². The van der Waals surface area contributed by atoms with Gasteiger partial charge in [-0.2, -0.15) is 0 Å². The Balaban J connectivity index is 2.45. The van der Waals surface area contributed by atoms with Crippen molar-refractivity contribution >= 4 is 23.1 Å². The van der Waals surface area contributed by atoms with E-state index in [1.807, 2.05) is 0 Å². The van der Waals surface area contributed by atoms with Crippen LogP contribution in [0.25, 0.3) is 0 Å². The topological polar surface area (TPSA) is 43.1 Å². The number of hydrogen-bond donors (Lipinski definition) is 1. The van der Waals surface area contributed by atoms with Crippen LogP contribution in [-0.2, 0) is 0 Å². The lowest BCUT2D eigenvalue weighted by molar-refractivity contribution is 0.102. The average Bonchev–Trinajstić information content (AvgIpc) is 3.00. The van der Waals surface area contributed by atoms with Gasteiger partial charge in [-0.3, -0.25) is 4.79 Å². The Morgan fingerprint density at radius 3 is 2.73 bits per heavy atom. The molecule has 0 amide bonds. The van der Waals surface area contributed by atoms with Crippen molar-refractivity contribution in [2.75, 3.05) is 11.6 Å². The molecule has 80 valence electrons. The molecular weight excluding hydrogens is 217 g/mol. The maximum Gasteiger partial charge on any atom is 0.179 e. The van der Waals surface area contributed by atoms with Gasteiger partial charge in [-0.15, -0.1) is 11.6 Å². The summed E-state index contributed by atoms with van der Waals surface area (Å²) in [5.74, 6) is -0.440. The highest BCUT2D eigenvalue weighted by molar-refractivity contribution is 6.31. The molecule has 0 unspecified atom stereocenters. The molecule has 0 atom stereocenters. The highest BCUT2D eigenvalue weighted by Crippen LogP contribution is 2.42. The number of nitrogens with two attached hydrogens (primary N) is 1. The molecule has 0 radical (unpaired) electrons. The second-order valence-electron chi connectivity index (χ2n) is 3.79. The number of nitrogen functional groups attached to an aromatic ring is 1. The van der Waals surface area contributed by atoms with Gasteiger partial charge in [0.05, 0.1) is 5.88 Å². The summed E-state index contributed by atoms with van der Waals surface area (Å²) in [6.45, 7) is 0. The smallest absolute Gasteiger partial charge is 0.179 e. The molecule has 0 saturated heterocycles. The molecule has 0 heterocycles. The van der Waals surface area contributed by atoms with Crippen molar-refractivity contribution in [1.29, 1.82) is 0 Å². The summed E-state index contributed by atoms with van der Waals surface area (Å²) in [5.41, 5.74) is 6.67. The number of ketones is 1. The number of carbonyl (C=O) groups is 1. The molecule has 0 aliphatic heterocycles. The molecule has 0 aromatic heterocycles. The van der Waals surface area contributed by atoms with Crippen molar-refractivity contribution in [3.8, 4) is 0 Å². The molecule has 0 bridgehead atoms. The van der Waals surface area contributed by atoms with E-state index in [0.29, 0.717) is 11.1 Å². The van der Waals surface area contributed by atoms with E-state index in [1.165, 1.54) is 6.07 Å². The summed E-state index contributed by atoms with van der Waals surface area (Å²) < 4.78 is 13.5. The molecule has 15 heavy (non-hydrogen) atoms. The van der Waals surface area contributed by atoms with Gasteiger partial charge in [0.25, 0.3) is 0 Å². The van der Waals surface area contributed by atoms with Crippen molar-refractivity contribution in [2.24, 2.45) is 0 Å². The van der Waals surface area contributed by atoms with Crippen LogP contribution >= 0.6 is 11.6 Å². The largest absolute Gasteiger partial charge is 0.398 e. The number of rotatable bonds is 3. The lowest BCUT2D eigenvalue weighted by Crippen LogP contribution is -2.07. The molecular formula is C11H11ClFNO. The van der Waals surface area contributed by atoms with Gasteiger partial charge in [-0.25, -0.2) is 4.39 Å². The minimum absolute atomic E-state index is 0.125. The molecule has 2 N–H and O–H groups in total. The fraction of sp³-hybridized carbons (Fsp3) is 0.364. The van der Waals surface area contributed by atoms with Crippen LogP contribution in [0.15, 0.2) is 12.1 Å². The van der Waals surface area contributed by atoms with E-state index in [4.69, 9.17) is 17.3 Å². The summed E-state index contributed by atoms with van der Waals surface area (Å²) >= 11 is 5.45. The van der Waals surface area contributed by atoms with Crippen LogP contribution < -0.4 is 5.73 Å². The molecule has 4 heteroatoms. The van der Waals surface area contributed by atoms with Gasteiger partial charge in [0, 0.05) is 11.3 Å². The molecule has 1 fully saturated rings. The van der Waals surface area contributed by atoms with Crippen LogP contribution in [-0.4, -0.2) is 11.7 Å². The highest BCUT2D eigenvalue weighted by Gasteiger charge is 2.28. The average molecular weight is 228 g/mol. The summed E-state index contributed by atoms with van der Waals surface area (Å²) in [4.78, 5) is 11.4. The first-order valence-electron chi connectivity index (χ1n) is 4.81. The van der Waals surface area contributed by atoms with Gasteiger partial charge in [-0.1, -0.05) is 0 Å². The molecule has 1 saturated carbocycles. The van der Waals surface area contributed by atoms with Gasteiger partial charge in [0.15, 0.2) is 5.78 Å². The third-order valence-electron chi connectivity index (χ3n) is 2.61. The van der Waals surface area contributed by atoms with E-state index < -0.39 is 0 Å². The van der Waals surface area contributed by atoms with Gasteiger partial charge < -0.3 is 5.73 Å². The second-order valence-corrected chi connectivity index (χ2v) is 4.06. The molecule has 2 nitrogen and oxygen atoms in total. The van der Waals surface area contributed by atoms with E-state index in [0.717, 1.165) is 12.8 Å². The molecule has 1 aliphatic rings. The maximum atomic E-state index is 13.5. The van der Waals surface area contributed by atoms with Gasteiger partial charge in [0.1, 0.15) is 5.82 Å². The van der Waals surface area contributed by atoms with Crippen LogP contribution in [0.2, 0.25) is 0 Å². The molecule has 0 spiro atoms. The van der Waals surface area contributed by atoms with Crippen LogP contribution in [0.4, 0.5) is 10.1 Å². The first-order chi connectivity index (χ1) is 7.13. The number of carbonyl (C=O) groups excluding carboxylic acids is 1. The van der Waals surface area contributed by atoms with E-state index in [2.05, 4.69) is 0 Å². The highest BCUT2D eigenvalue weighted by atomic mass is 35.5. The minimum Gasteiger partial charge on any atom is -0.398 e. The first kappa shape index (κ1) is 10.4. The van der Waals surface area contributed by atoms with Crippen molar-refractivity contribution in [2.45, 2.75) is 18.8 Å². The van der Waals surface area contributed by atoms with Crippen LogP contribution in [0.1, 0.15) is 34.7 Å². The van der Waals surface area contributed by atoms with Gasteiger partial charge in [0.2, 0.25) is 0 Å². The number of hydrogen-bond acceptors (Lipinski definition) is 2. The number of anilines is 1. The minimum atomic E-state index is -0.318. The number of alkyl halides is 1. The third-order valence-corrected chi connectivity index (χ3v) is 2.85.